The maximum absolute atomic E-state index is 5.79. The van der Waals surface area contributed by atoms with Crippen LogP contribution >= 0.6 is 0 Å². The van der Waals surface area contributed by atoms with Gasteiger partial charge >= 0.3 is 0 Å². The van der Waals surface area contributed by atoms with Gasteiger partial charge in [-0.05, 0) is 36.0 Å². The van der Waals surface area contributed by atoms with E-state index in [-0.39, 0.29) is 6.04 Å². The summed E-state index contributed by atoms with van der Waals surface area (Å²) in [4.78, 5) is 0. The number of aryl methyl sites for hydroxylation is 1. The van der Waals surface area contributed by atoms with E-state index in [1.807, 2.05) is 0 Å². The standard InChI is InChI=1S/C18H24N2/c1-13(2)10-15-7-5-9-17(12-15)18(20-19)16-8-4-6-14(3)11-16/h4-9,11-13,18,20H,10,19H2,1-3H3. The summed E-state index contributed by atoms with van der Waals surface area (Å²) in [5, 5.41) is 0. The number of hydrogen-bond donors (Lipinski definition) is 2. The predicted octanol–water partition coefficient (Wildman–Crippen LogP) is 3.75. The van der Waals surface area contributed by atoms with Crippen LogP contribution < -0.4 is 11.3 Å². The van der Waals surface area contributed by atoms with Gasteiger partial charge in [0, 0.05) is 0 Å². The lowest BCUT2D eigenvalue weighted by Crippen LogP contribution is -2.29. The summed E-state index contributed by atoms with van der Waals surface area (Å²) in [6.45, 7) is 6.59. The zero-order chi connectivity index (χ0) is 14.5. The molecule has 1 atom stereocenters. The molecule has 3 N–H and O–H groups in total. The number of rotatable bonds is 5. The fourth-order valence-electron chi connectivity index (χ4n) is 2.61. The van der Waals surface area contributed by atoms with E-state index in [9.17, 15) is 0 Å². The number of nitrogens with one attached hydrogen (secondary N) is 1. The molecule has 0 saturated heterocycles. The Kier molecular flexibility index (Phi) is 4.94. The lowest BCUT2D eigenvalue weighted by molar-refractivity contribution is 0.627. The van der Waals surface area contributed by atoms with Crippen LogP contribution in [-0.2, 0) is 6.42 Å². The molecule has 0 aliphatic carbocycles. The van der Waals surface area contributed by atoms with Crippen LogP contribution in [0.25, 0.3) is 0 Å². The van der Waals surface area contributed by atoms with Crippen molar-refractivity contribution in [3.63, 3.8) is 0 Å². The Labute approximate surface area is 122 Å². The van der Waals surface area contributed by atoms with Crippen LogP contribution in [0.1, 0.15) is 42.1 Å². The van der Waals surface area contributed by atoms with Crippen LogP contribution in [0.2, 0.25) is 0 Å². The van der Waals surface area contributed by atoms with Crippen molar-refractivity contribution in [1.82, 2.24) is 5.43 Å². The fraction of sp³-hybridized carbons (Fsp3) is 0.333. The number of nitrogens with two attached hydrogens (primary N) is 1. The second kappa shape index (κ2) is 6.69. The summed E-state index contributed by atoms with van der Waals surface area (Å²) in [7, 11) is 0. The fourth-order valence-corrected chi connectivity index (χ4v) is 2.61. The van der Waals surface area contributed by atoms with Crippen LogP contribution in [0.5, 0.6) is 0 Å². The molecule has 2 heteroatoms. The second-order valence-electron chi connectivity index (χ2n) is 5.86. The Morgan fingerprint density at radius 3 is 2.25 bits per heavy atom. The highest BCUT2D eigenvalue weighted by Gasteiger charge is 2.13. The molecule has 0 aliphatic rings. The maximum atomic E-state index is 5.79. The van der Waals surface area contributed by atoms with E-state index in [1.54, 1.807) is 0 Å². The number of hydrogen-bond acceptors (Lipinski definition) is 2. The van der Waals surface area contributed by atoms with E-state index in [0.717, 1.165) is 6.42 Å². The van der Waals surface area contributed by atoms with Gasteiger partial charge in [-0.3, -0.25) is 5.84 Å². The summed E-state index contributed by atoms with van der Waals surface area (Å²) >= 11 is 0. The zero-order valence-corrected chi connectivity index (χ0v) is 12.6. The summed E-state index contributed by atoms with van der Waals surface area (Å²) < 4.78 is 0. The maximum Gasteiger partial charge on any atom is 0.0710 e. The molecule has 0 radical (unpaired) electrons. The first-order valence-electron chi connectivity index (χ1n) is 7.21. The van der Waals surface area contributed by atoms with E-state index in [0.29, 0.717) is 5.92 Å². The molecule has 0 heterocycles. The van der Waals surface area contributed by atoms with Gasteiger partial charge in [0.1, 0.15) is 0 Å². The average Bonchev–Trinajstić information content (AvgIpc) is 2.39. The summed E-state index contributed by atoms with van der Waals surface area (Å²) in [6.07, 6.45) is 1.10. The highest BCUT2D eigenvalue weighted by atomic mass is 15.2. The average molecular weight is 268 g/mol. The Balaban J connectivity index is 2.32. The van der Waals surface area contributed by atoms with Crippen molar-refractivity contribution in [2.75, 3.05) is 0 Å². The molecule has 2 aromatic rings. The van der Waals surface area contributed by atoms with Crippen LogP contribution in [0, 0.1) is 12.8 Å². The van der Waals surface area contributed by atoms with Gasteiger partial charge in [0.05, 0.1) is 6.04 Å². The normalized spacial score (nSPS) is 12.7. The van der Waals surface area contributed by atoms with Gasteiger partial charge in [0.2, 0.25) is 0 Å². The first kappa shape index (κ1) is 14.8. The SMILES string of the molecule is Cc1cccc(C(NN)c2cccc(CC(C)C)c2)c1. The molecule has 0 saturated carbocycles. The number of benzene rings is 2. The smallest absolute Gasteiger partial charge is 0.0710 e. The quantitative estimate of drug-likeness (QED) is 0.640. The molecule has 0 bridgehead atoms. The molecule has 20 heavy (non-hydrogen) atoms. The van der Waals surface area contributed by atoms with Gasteiger partial charge in [-0.2, -0.15) is 0 Å². The molecule has 2 aromatic carbocycles. The minimum atomic E-state index is 0.0435. The first-order chi connectivity index (χ1) is 9.60. The first-order valence-corrected chi connectivity index (χ1v) is 7.21. The van der Waals surface area contributed by atoms with Gasteiger partial charge in [0.15, 0.2) is 0 Å². The summed E-state index contributed by atoms with van der Waals surface area (Å²) in [5.41, 5.74) is 7.98. The molecule has 0 amide bonds. The van der Waals surface area contributed by atoms with Crippen molar-refractivity contribution >= 4 is 0 Å². The van der Waals surface area contributed by atoms with Crippen molar-refractivity contribution in [2.45, 2.75) is 33.2 Å². The largest absolute Gasteiger partial charge is 0.271 e. The van der Waals surface area contributed by atoms with Gasteiger partial charge in [-0.1, -0.05) is 67.9 Å². The van der Waals surface area contributed by atoms with Gasteiger partial charge in [-0.15, -0.1) is 0 Å². The topological polar surface area (TPSA) is 38.0 Å². The Bertz CT molecular complexity index is 561. The van der Waals surface area contributed by atoms with E-state index >= 15 is 0 Å². The third-order valence-corrected chi connectivity index (χ3v) is 3.47. The Hall–Kier alpha value is -1.64. The summed E-state index contributed by atoms with van der Waals surface area (Å²) in [5.74, 6) is 6.45. The summed E-state index contributed by atoms with van der Waals surface area (Å²) in [6, 6.07) is 17.2. The van der Waals surface area contributed by atoms with Crippen molar-refractivity contribution in [2.24, 2.45) is 11.8 Å². The van der Waals surface area contributed by atoms with Crippen molar-refractivity contribution in [3.05, 3.63) is 70.8 Å². The van der Waals surface area contributed by atoms with E-state index in [4.69, 9.17) is 5.84 Å². The molecular weight excluding hydrogens is 244 g/mol. The Morgan fingerprint density at radius 2 is 1.65 bits per heavy atom. The van der Waals surface area contributed by atoms with Gasteiger partial charge in [0.25, 0.3) is 0 Å². The van der Waals surface area contributed by atoms with Gasteiger partial charge < -0.3 is 0 Å². The van der Waals surface area contributed by atoms with E-state index < -0.39 is 0 Å². The molecule has 2 nitrogen and oxygen atoms in total. The second-order valence-corrected chi connectivity index (χ2v) is 5.86. The predicted molar refractivity (Wildman–Crippen MR) is 85.3 cm³/mol. The third-order valence-electron chi connectivity index (χ3n) is 3.47. The zero-order valence-electron chi connectivity index (χ0n) is 12.6. The third kappa shape index (κ3) is 3.69. The van der Waals surface area contributed by atoms with Crippen LogP contribution in [0.4, 0.5) is 0 Å². The van der Waals surface area contributed by atoms with Crippen molar-refractivity contribution in [3.8, 4) is 0 Å². The molecular formula is C18H24N2. The number of hydrazine groups is 1. The van der Waals surface area contributed by atoms with Crippen molar-refractivity contribution in [1.29, 1.82) is 0 Å². The van der Waals surface area contributed by atoms with Crippen molar-refractivity contribution < 1.29 is 0 Å². The molecule has 0 aliphatic heterocycles. The molecule has 0 spiro atoms. The van der Waals surface area contributed by atoms with Crippen LogP contribution in [0.15, 0.2) is 48.5 Å². The monoisotopic (exact) mass is 268 g/mol. The minimum absolute atomic E-state index is 0.0435. The van der Waals surface area contributed by atoms with E-state index in [1.165, 1.54) is 22.3 Å². The van der Waals surface area contributed by atoms with E-state index in [2.05, 4.69) is 74.7 Å². The Morgan fingerprint density at radius 1 is 1.00 bits per heavy atom. The lowest BCUT2D eigenvalue weighted by atomic mass is 9.94. The van der Waals surface area contributed by atoms with Crippen LogP contribution in [0.3, 0.4) is 0 Å². The molecule has 1 unspecified atom stereocenters. The highest BCUT2D eigenvalue weighted by Crippen LogP contribution is 2.23. The lowest BCUT2D eigenvalue weighted by Gasteiger charge is -2.18. The minimum Gasteiger partial charge on any atom is -0.271 e. The molecule has 0 fully saturated rings. The highest BCUT2D eigenvalue weighted by molar-refractivity contribution is 5.35. The molecule has 2 rings (SSSR count). The van der Waals surface area contributed by atoms with Crippen LogP contribution in [-0.4, -0.2) is 0 Å². The van der Waals surface area contributed by atoms with Gasteiger partial charge in [-0.25, -0.2) is 5.43 Å². The molecule has 106 valence electrons. The molecule has 0 aromatic heterocycles.